The average Bonchev–Trinajstić information content (AvgIpc) is 2.29. The number of rotatable bonds is 3. The minimum atomic E-state index is 0.0661. The lowest BCUT2D eigenvalue weighted by Gasteiger charge is -2.31. The van der Waals surface area contributed by atoms with E-state index < -0.39 is 0 Å². The first-order valence-corrected chi connectivity index (χ1v) is 5.46. The molecule has 1 atom stereocenters. The van der Waals surface area contributed by atoms with Crippen LogP contribution in [0.5, 0.6) is 0 Å². The van der Waals surface area contributed by atoms with Gasteiger partial charge < -0.3 is 9.64 Å². The Labute approximate surface area is 87.9 Å². The van der Waals surface area contributed by atoms with E-state index in [-0.39, 0.29) is 5.60 Å². The molecule has 0 aromatic carbocycles. The highest BCUT2D eigenvalue weighted by Crippen LogP contribution is 2.31. The Hall–Kier alpha value is -0.340. The van der Waals surface area contributed by atoms with Gasteiger partial charge >= 0.3 is 0 Å². The van der Waals surface area contributed by atoms with Gasteiger partial charge in [-0.15, -0.1) is 6.58 Å². The van der Waals surface area contributed by atoms with E-state index in [0.717, 1.165) is 19.4 Å². The van der Waals surface area contributed by atoms with E-state index in [2.05, 4.69) is 25.5 Å². The summed E-state index contributed by atoms with van der Waals surface area (Å²) >= 11 is 0. The van der Waals surface area contributed by atoms with Gasteiger partial charge in [-0.2, -0.15) is 0 Å². The van der Waals surface area contributed by atoms with Crippen molar-refractivity contribution >= 4 is 0 Å². The summed E-state index contributed by atoms with van der Waals surface area (Å²) < 4.78 is 5.73. The lowest BCUT2D eigenvalue weighted by atomic mass is 9.88. The standard InChI is InChI=1S/C12H23NO/c1-11(2)10-12(14-4)6-5-8-13(3)9-7-12/h1,5-10H2,2-4H3. The van der Waals surface area contributed by atoms with Crippen LogP contribution in [-0.2, 0) is 4.74 Å². The number of methoxy groups -OCH3 is 1. The maximum atomic E-state index is 5.73. The number of hydrogen-bond acceptors (Lipinski definition) is 2. The van der Waals surface area contributed by atoms with Crippen LogP contribution in [0.1, 0.15) is 32.6 Å². The molecular formula is C12H23NO. The predicted molar refractivity (Wildman–Crippen MR) is 60.5 cm³/mol. The molecule has 0 N–H and O–H groups in total. The summed E-state index contributed by atoms with van der Waals surface area (Å²) in [5, 5.41) is 0. The van der Waals surface area contributed by atoms with Crippen molar-refractivity contribution in [3.8, 4) is 0 Å². The smallest absolute Gasteiger partial charge is 0.0728 e. The molecule has 1 aliphatic heterocycles. The third kappa shape index (κ3) is 3.10. The van der Waals surface area contributed by atoms with Gasteiger partial charge in [0.15, 0.2) is 0 Å². The highest BCUT2D eigenvalue weighted by atomic mass is 16.5. The molecule has 0 radical (unpaired) electrons. The molecule has 1 fully saturated rings. The monoisotopic (exact) mass is 197 g/mol. The van der Waals surface area contributed by atoms with Crippen LogP contribution in [0, 0.1) is 0 Å². The summed E-state index contributed by atoms with van der Waals surface area (Å²) in [5.74, 6) is 0. The number of hydrogen-bond donors (Lipinski definition) is 0. The molecule has 0 aromatic heterocycles. The van der Waals surface area contributed by atoms with Gasteiger partial charge in [0.1, 0.15) is 0 Å². The minimum Gasteiger partial charge on any atom is -0.378 e. The lowest BCUT2D eigenvalue weighted by Crippen LogP contribution is -2.33. The average molecular weight is 197 g/mol. The van der Waals surface area contributed by atoms with E-state index in [4.69, 9.17) is 4.74 Å². The van der Waals surface area contributed by atoms with Crippen LogP contribution in [0.3, 0.4) is 0 Å². The fourth-order valence-corrected chi connectivity index (χ4v) is 2.31. The molecule has 2 nitrogen and oxygen atoms in total. The summed E-state index contributed by atoms with van der Waals surface area (Å²) in [5.41, 5.74) is 1.30. The summed E-state index contributed by atoms with van der Waals surface area (Å²) in [6, 6.07) is 0. The molecule has 1 heterocycles. The molecule has 1 saturated heterocycles. The summed E-state index contributed by atoms with van der Waals surface area (Å²) in [6.45, 7) is 8.43. The number of likely N-dealkylation sites (tertiary alicyclic amines) is 1. The van der Waals surface area contributed by atoms with Gasteiger partial charge in [-0.05, 0) is 46.2 Å². The van der Waals surface area contributed by atoms with Gasteiger partial charge in [-0.1, -0.05) is 5.57 Å². The molecule has 0 aromatic rings. The molecule has 0 bridgehead atoms. The van der Waals surface area contributed by atoms with Crippen LogP contribution in [0.25, 0.3) is 0 Å². The maximum Gasteiger partial charge on any atom is 0.0728 e. The molecule has 0 amide bonds. The van der Waals surface area contributed by atoms with E-state index in [1.54, 1.807) is 0 Å². The van der Waals surface area contributed by atoms with E-state index in [0.29, 0.717) is 0 Å². The second-order valence-corrected chi connectivity index (χ2v) is 4.68. The molecule has 0 aliphatic carbocycles. The number of ether oxygens (including phenoxy) is 1. The van der Waals surface area contributed by atoms with Crippen LogP contribution in [0.2, 0.25) is 0 Å². The van der Waals surface area contributed by atoms with E-state index in [1.807, 2.05) is 7.11 Å². The second-order valence-electron chi connectivity index (χ2n) is 4.68. The Morgan fingerprint density at radius 2 is 2.14 bits per heavy atom. The van der Waals surface area contributed by atoms with Gasteiger partial charge in [0.05, 0.1) is 5.60 Å². The maximum absolute atomic E-state index is 5.73. The van der Waals surface area contributed by atoms with Crippen LogP contribution in [0.4, 0.5) is 0 Å². The fraction of sp³-hybridized carbons (Fsp3) is 0.833. The van der Waals surface area contributed by atoms with Crippen molar-refractivity contribution < 1.29 is 4.74 Å². The topological polar surface area (TPSA) is 12.5 Å². The fourth-order valence-electron chi connectivity index (χ4n) is 2.31. The SMILES string of the molecule is C=C(C)CC1(OC)CCCN(C)CC1. The summed E-state index contributed by atoms with van der Waals surface area (Å²) in [7, 11) is 4.03. The van der Waals surface area contributed by atoms with E-state index >= 15 is 0 Å². The summed E-state index contributed by atoms with van der Waals surface area (Å²) in [6.07, 6.45) is 4.54. The first-order chi connectivity index (χ1) is 6.58. The Morgan fingerprint density at radius 1 is 1.43 bits per heavy atom. The summed E-state index contributed by atoms with van der Waals surface area (Å²) in [4.78, 5) is 2.39. The minimum absolute atomic E-state index is 0.0661. The normalized spacial score (nSPS) is 29.9. The quantitative estimate of drug-likeness (QED) is 0.644. The first-order valence-electron chi connectivity index (χ1n) is 5.46. The molecule has 1 unspecified atom stereocenters. The Morgan fingerprint density at radius 3 is 2.71 bits per heavy atom. The van der Waals surface area contributed by atoms with Gasteiger partial charge in [0.25, 0.3) is 0 Å². The third-order valence-corrected chi connectivity index (χ3v) is 3.18. The van der Waals surface area contributed by atoms with Crippen molar-refractivity contribution in [1.29, 1.82) is 0 Å². The Balaban J connectivity index is 2.62. The van der Waals surface area contributed by atoms with Crippen LogP contribution >= 0.6 is 0 Å². The van der Waals surface area contributed by atoms with E-state index in [1.165, 1.54) is 25.0 Å². The molecular weight excluding hydrogens is 174 g/mol. The lowest BCUT2D eigenvalue weighted by molar-refractivity contribution is -0.0210. The largest absolute Gasteiger partial charge is 0.378 e. The van der Waals surface area contributed by atoms with Gasteiger partial charge in [0.2, 0.25) is 0 Å². The highest BCUT2D eigenvalue weighted by molar-refractivity contribution is 4.99. The molecule has 1 aliphatic rings. The zero-order chi connectivity index (χ0) is 10.6. The Bertz CT molecular complexity index is 202. The third-order valence-electron chi connectivity index (χ3n) is 3.18. The molecule has 2 heteroatoms. The van der Waals surface area contributed by atoms with Crippen LogP contribution < -0.4 is 0 Å². The molecule has 14 heavy (non-hydrogen) atoms. The zero-order valence-electron chi connectivity index (χ0n) is 9.81. The van der Waals surface area contributed by atoms with Crippen molar-refractivity contribution in [2.75, 3.05) is 27.2 Å². The number of nitrogens with zero attached hydrogens (tertiary/aromatic N) is 1. The van der Waals surface area contributed by atoms with Gasteiger partial charge in [0, 0.05) is 13.7 Å². The van der Waals surface area contributed by atoms with Gasteiger partial charge in [-0.3, -0.25) is 0 Å². The molecule has 0 spiro atoms. The van der Waals surface area contributed by atoms with Crippen molar-refractivity contribution in [2.45, 2.75) is 38.2 Å². The van der Waals surface area contributed by atoms with Crippen molar-refractivity contribution in [3.63, 3.8) is 0 Å². The predicted octanol–water partition coefficient (Wildman–Crippen LogP) is 2.45. The first kappa shape index (κ1) is 11.7. The van der Waals surface area contributed by atoms with Crippen molar-refractivity contribution in [2.24, 2.45) is 0 Å². The Kier molecular flexibility index (Phi) is 4.14. The molecule has 0 saturated carbocycles. The van der Waals surface area contributed by atoms with Crippen molar-refractivity contribution in [3.05, 3.63) is 12.2 Å². The van der Waals surface area contributed by atoms with Crippen LogP contribution in [-0.4, -0.2) is 37.7 Å². The second kappa shape index (κ2) is 4.94. The zero-order valence-corrected chi connectivity index (χ0v) is 9.81. The van der Waals surface area contributed by atoms with Crippen LogP contribution in [0.15, 0.2) is 12.2 Å². The van der Waals surface area contributed by atoms with Gasteiger partial charge in [-0.25, -0.2) is 0 Å². The van der Waals surface area contributed by atoms with Crippen molar-refractivity contribution in [1.82, 2.24) is 4.90 Å². The molecule has 1 rings (SSSR count). The van der Waals surface area contributed by atoms with E-state index in [9.17, 15) is 0 Å². The molecule has 82 valence electrons. The highest BCUT2D eigenvalue weighted by Gasteiger charge is 2.31.